The average Bonchev–Trinajstić information content (AvgIpc) is 3.62. The summed E-state index contributed by atoms with van der Waals surface area (Å²) < 4.78 is 40.3. The van der Waals surface area contributed by atoms with Gasteiger partial charge in [-0.2, -0.15) is 13.2 Å². The number of nitrogens with zero attached hydrogens (tertiary/aromatic N) is 5. The highest BCUT2D eigenvalue weighted by Gasteiger charge is 2.38. The molecule has 196 valence electrons. The van der Waals surface area contributed by atoms with E-state index < -0.39 is 17.8 Å². The van der Waals surface area contributed by atoms with Crippen molar-refractivity contribution >= 4 is 29.1 Å². The molecule has 2 atom stereocenters. The van der Waals surface area contributed by atoms with Crippen molar-refractivity contribution in [2.45, 2.75) is 43.8 Å². The number of benzene rings is 1. The number of nitrogens with two attached hydrogens (primary N) is 1. The van der Waals surface area contributed by atoms with Gasteiger partial charge in [-0.25, -0.2) is 15.0 Å². The predicted octanol–water partition coefficient (Wildman–Crippen LogP) is 3.84. The van der Waals surface area contributed by atoms with Crippen molar-refractivity contribution in [3.63, 3.8) is 0 Å². The molecule has 10 nitrogen and oxygen atoms in total. The van der Waals surface area contributed by atoms with Crippen LogP contribution in [-0.4, -0.2) is 53.6 Å². The number of aromatic amines is 1. The molecular formula is C25H23F3N8O2. The van der Waals surface area contributed by atoms with Gasteiger partial charge in [0.05, 0.1) is 6.20 Å². The van der Waals surface area contributed by atoms with Gasteiger partial charge < -0.3 is 15.6 Å². The maximum Gasteiger partial charge on any atom is 0.432 e. The lowest BCUT2D eigenvalue weighted by atomic mass is 9.92. The van der Waals surface area contributed by atoms with Gasteiger partial charge in [-0.1, -0.05) is 12.1 Å². The van der Waals surface area contributed by atoms with E-state index in [0.29, 0.717) is 47.8 Å². The molecule has 0 radical (unpaired) electrons. The first-order valence-electron chi connectivity index (χ1n) is 12.1. The number of rotatable bonds is 4. The molecule has 13 heteroatoms. The van der Waals surface area contributed by atoms with Crippen molar-refractivity contribution in [3.05, 3.63) is 59.9 Å². The Bertz CT molecular complexity index is 1540. The van der Waals surface area contributed by atoms with E-state index in [0.717, 1.165) is 25.1 Å². The third-order valence-corrected chi connectivity index (χ3v) is 7.23. The van der Waals surface area contributed by atoms with E-state index in [9.17, 15) is 22.8 Å². The number of imidazole rings is 2. The van der Waals surface area contributed by atoms with Crippen LogP contribution in [0.15, 0.2) is 42.9 Å². The molecule has 0 aliphatic carbocycles. The van der Waals surface area contributed by atoms with Crippen LogP contribution in [0.4, 0.5) is 24.9 Å². The first-order valence-corrected chi connectivity index (χ1v) is 12.1. The second-order valence-electron chi connectivity index (χ2n) is 9.54. The monoisotopic (exact) mass is 524 g/mol. The molecule has 2 amide bonds. The van der Waals surface area contributed by atoms with E-state index >= 15 is 0 Å². The van der Waals surface area contributed by atoms with Crippen LogP contribution in [0.3, 0.4) is 0 Å². The van der Waals surface area contributed by atoms with Gasteiger partial charge in [0.1, 0.15) is 28.5 Å². The summed E-state index contributed by atoms with van der Waals surface area (Å²) in [7, 11) is 0. The lowest BCUT2D eigenvalue weighted by molar-refractivity contribution is -0.140. The fraction of sp³-hybridized carbons (Fsp3) is 0.320. The Labute approximate surface area is 214 Å². The molecule has 1 aromatic carbocycles. The number of piperidine rings is 1. The van der Waals surface area contributed by atoms with Crippen molar-refractivity contribution in [2.24, 2.45) is 0 Å². The molecule has 2 aliphatic rings. The molecule has 2 aliphatic heterocycles. The second-order valence-corrected chi connectivity index (χ2v) is 9.54. The fourth-order valence-electron chi connectivity index (χ4n) is 5.34. The number of fused-ring (bicyclic) bond motifs is 2. The number of carbonyl (C=O) groups excluding carboxylic acids is 2. The fourth-order valence-corrected chi connectivity index (χ4v) is 5.34. The average molecular weight is 525 g/mol. The van der Waals surface area contributed by atoms with E-state index in [4.69, 9.17) is 10.7 Å². The van der Waals surface area contributed by atoms with E-state index in [1.54, 1.807) is 36.7 Å². The molecule has 38 heavy (non-hydrogen) atoms. The molecule has 4 aromatic rings. The topological polar surface area (TPSA) is 134 Å². The number of nitrogen functional groups attached to an aromatic ring is 1. The lowest BCUT2D eigenvalue weighted by Gasteiger charge is -2.34. The van der Waals surface area contributed by atoms with Gasteiger partial charge in [-0.3, -0.25) is 19.3 Å². The number of hydrogen-bond donors (Lipinski definition) is 3. The Balaban J connectivity index is 1.28. The van der Waals surface area contributed by atoms with Crippen LogP contribution in [0, 0.1) is 0 Å². The largest absolute Gasteiger partial charge is 0.432 e. The van der Waals surface area contributed by atoms with E-state index in [1.165, 1.54) is 0 Å². The van der Waals surface area contributed by atoms with Gasteiger partial charge in [-0.15, -0.1) is 0 Å². The number of H-pyrrole nitrogens is 1. The number of halogens is 3. The van der Waals surface area contributed by atoms with Crippen molar-refractivity contribution in [1.82, 2.24) is 29.2 Å². The molecule has 0 saturated carbocycles. The van der Waals surface area contributed by atoms with Crippen LogP contribution in [0.2, 0.25) is 0 Å². The number of nitrogens with one attached hydrogen (secondary N) is 2. The molecule has 2 saturated heterocycles. The number of amides is 2. The van der Waals surface area contributed by atoms with Crippen LogP contribution in [0.5, 0.6) is 0 Å². The summed E-state index contributed by atoms with van der Waals surface area (Å²) in [4.78, 5) is 41.7. The van der Waals surface area contributed by atoms with Crippen molar-refractivity contribution in [2.75, 3.05) is 17.6 Å². The van der Waals surface area contributed by atoms with Gasteiger partial charge in [0.2, 0.25) is 11.9 Å². The third kappa shape index (κ3) is 4.13. The highest BCUT2D eigenvalue weighted by molar-refractivity contribution is 6.03. The van der Waals surface area contributed by atoms with Gasteiger partial charge in [0.15, 0.2) is 0 Å². The third-order valence-electron chi connectivity index (χ3n) is 7.23. The van der Waals surface area contributed by atoms with Gasteiger partial charge in [0.25, 0.3) is 5.91 Å². The zero-order chi connectivity index (χ0) is 26.6. The Morgan fingerprint density at radius 2 is 1.92 bits per heavy atom. The Hall–Kier alpha value is -4.42. The minimum absolute atomic E-state index is 0.0382. The maximum atomic E-state index is 12.8. The molecule has 5 heterocycles. The van der Waals surface area contributed by atoms with Crippen molar-refractivity contribution < 1.29 is 22.8 Å². The molecular weight excluding hydrogens is 501 g/mol. The van der Waals surface area contributed by atoms with E-state index in [1.807, 2.05) is 14.3 Å². The van der Waals surface area contributed by atoms with Crippen molar-refractivity contribution in [3.8, 4) is 11.3 Å². The first-order chi connectivity index (χ1) is 18.2. The normalized spacial score (nSPS) is 19.7. The molecule has 4 N–H and O–H groups in total. The number of carbonyl (C=O) groups is 2. The van der Waals surface area contributed by atoms with Gasteiger partial charge >= 0.3 is 6.18 Å². The molecule has 6 rings (SSSR count). The maximum absolute atomic E-state index is 12.8. The zero-order valence-electron chi connectivity index (χ0n) is 20.0. The van der Waals surface area contributed by atoms with Crippen LogP contribution in [0.1, 0.15) is 53.5 Å². The smallest absolute Gasteiger partial charge is 0.382 e. The summed E-state index contributed by atoms with van der Waals surface area (Å²) >= 11 is 0. The second kappa shape index (κ2) is 8.85. The summed E-state index contributed by atoms with van der Waals surface area (Å²) in [6, 6.07) is 6.78. The summed E-state index contributed by atoms with van der Waals surface area (Å²) in [5, 5.41) is 2.33. The van der Waals surface area contributed by atoms with Crippen molar-refractivity contribution in [1.29, 1.82) is 0 Å². The Morgan fingerprint density at radius 3 is 2.66 bits per heavy atom. The van der Waals surface area contributed by atoms with Gasteiger partial charge in [0, 0.05) is 48.4 Å². The van der Waals surface area contributed by atoms with Crippen LogP contribution in [-0.2, 0) is 11.0 Å². The number of aromatic nitrogens is 5. The highest BCUT2D eigenvalue weighted by atomic mass is 19.4. The summed E-state index contributed by atoms with van der Waals surface area (Å²) in [6.07, 6.45) is 2.74. The standard InChI is InChI=1S/C25H23F3N8O2/c26-25(27,28)17-11-31-24(32-17)34-23(38)14-3-1-13(2-4-14)19-20-21(29)30-9-10-35(20)22(33-19)15-5-6-16-7-8-18(37)36(16)12-15/h1-4,9-11,15-16H,5-8,12H2,(H2,29,30)(H2,31,32,34,38). The lowest BCUT2D eigenvalue weighted by Crippen LogP contribution is -2.41. The first kappa shape index (κ1) is 23.9. The minimum atomic E-state index is -4.59. The predicted molar refractivity (Wildman–Crippen MR) is 131 cm³/mol. The number of alkyl halides is 3. The molecule has 3 aromatic heterocycles. The van der Waals surface area contributed by atoms with Crippen LogP contribution < -0.4 is 11.1 Å². The number of anilines is 2. The summed E-state index contributed by atoms with van der Waals surface area (Å²) in [5.74, 6) is 0.385. The molecule has 2 fully saturated rings. The van der Waals surface area contributed by atoms with E-state index in [-0.39, 0.29) is 23.3 Å². The Morgan fingerprint density at radius 1 is 1.13 bits per heavy atom. The quantitative estimate of drug-likeness (QED) is 0.371. The minimum Gasteiger partial charge on any atom is -0.382 e. The summed E-state index contributed by atoms with van der Waals surface area (Å²) in [5.41, 5.74) is 7.32. The number of hydrogen-bond acceptors (Lipinski definition) is 6. The highest BCUT2D eigenvalue weighted by Crippen LogP contribution is 2.38. The van der Waals surface area contributed by atoms with E-state index in [2.05, 4.69) is 15.3 Å². The van der Waals surface area contributed by atoms with Crippen LogP contribution >= 0.6 is 0 Å². The molecule has 2 unspecified atom stereocenters. The SMILES string of the molecule is Nc1nccn2c(C3CCC4CCC(=O)N4C3)nc(-c3ccc(C(=O)Nc4ncc(C(F)(F)F)[nH]4)cc3)c12. The van der Waals surface area contributed by atoms with Crippen LogP contribution in [0.25, 0.3) is 16.8 Å². The van der Waals surface area contributed by atoms with Gasteiger partial charge in [-0.05, 0) is 31.4 Å². The molecule has 0 spiro atoms. The zero-order valence-corrected chi connectivity index (χ0v) is 20.0. The Kier molecular flexibility index (Phi) is 5.58. The summed E-state index contributed by atoms with van der Waals surface area (Å²) in [6.45, 7) is 0.603. The molecule has 0 bridgehead atoms.